The van der Waals surface area contributed by atoms with Crippen LogP contribution in [0.5, 0.6) is 0 Å². The van der Waals surface area contributed by atoms with Crippen molar-refractivity contribution >= 4 is 5.95 Å². The molecule has 0 spiro atoms. The van der Waals surface area contributed by atoms with Gasteiger partial charge in [0, 0.05) is 45.4 Å². The number of hydrogen-bond donors (Lipinski definition) is 1. The molecule has 1 N–H and O–H groups in total. The molecule has 0 aliphatic rings. The summed E-state index contributed by atoms with van der Waals surface area (Å²) in [7, 11) is 1.73. The third kappa shape index (κ3) is 3.81. The lowest BCUT2D eigenvalue weighted by atomic mass is 10.1. The predicted octanol–water partition coefficient (Wildman–Crippen LogP) is 2.54. The van der Waals surface area contributed by atoms with Crippen LogP contribution >= 0.6 is 0 Å². The normalized spacial score (nSPS) is 10.8. The van der Waals surface area contributed by atoms with Gasteiger partial charge < -0.3 is 14.6 Å². The van der Waals surface area contributed by atoms with Crippen LogP contribution in [0.1, 0.15) is 23.2 Å². The summed E-state index contributed by atoms with van der Waals surface area (Å²) >= 11 is 0. The number of imidazole rings is 1. The zero-order chi connectivity index (χ0) is 14.4. The summed E-state index contributed by atoms with van der Waals surface area (Å²) in [4.78, 5) is 8.64. The SMILES string of the molecule is COCCCn1cc(C)nc1NCc1ccncc1C. The number of pyridine rings is 1. The lowest BCUT2D eigenvalue weighted by Gasteiger charge is -2.10. The van der Waals surface area contributed by atoms with Gasteiger partial charge in [0.05, 0.1) is 5.69 Å². The quantitative estimate of drug-likeness (QED) is 0.788. The first-order valence-electron chi connectivity index (χ1n) is 6.87. The van der Waals surface area contributed by atoms with Gasteiger partial charge >= 0.3 is 0 Å². The maximum Gasteiger partial charge on any atom is 0.203 e. The summed E-state index contributed by atoms with van der Waals surface area (Å²) in [6, 6.07) is 2.04. The molecule has 0 atom stereocenters. The van der Waals surface area contributed by atoms with Gasteiger partial charge in [-0.15, -0.1) is 0 Å². The summed E-state index contributed by atoms with van der Waals surface area (Å²) in [6.45, 7) is 6.51. The van der Waals surface area contributed by atoms with Crippen molar-refractivity contribution in [1.82, 2.24) is 14.5 Å². The third-order valence-electron chi connectivity index (χ3n) is 3.22. The van der Waals surface area contributed by atoms with E-state index in [0.717, 1.165) is 37.8 Å². The number of anilines is 1. The minimum atomic E-state index is 0.759. The molecule has 108 valence electrons. The number of rotatable bonds is 7. The van der Waals surface area contributed by atoms with Crippen LogP contribution in [0.25, 0.3) is 0 Å². The second kappa shape index (κ2) is 7.05. The van der Waals surface area contributed by atoms with Crippen LogP contribution in [0.4, 0.5) is 5.95 Å². The molecular formula is C15H22N4O. The summed E-state index contributed by atoms with van der Waals surface area (Å²) in [5, 5.41) is 3.40. The first-order chi connectivity index (χ1) is 9.70. The molecular weight excluding hydrogens is 252 g/mol. The molecule has 2 rings (SSSR count). The highest BCUT2D eigenvalue weighted by molar-refractivity contribution is 5.32. The Hall–Kier alpha value is -1.88. The molecule has 0 unspecified atom stereocenters. The van der Waals surface area contributed by atoms with E-state index in [1.807, 2.05) is 25.4 Å². The van der Waals surface area contributed by atoms with Crippen LogP contribution in [0, 0.1) is 13.8 Å². The van der Waals surface area contributed by atoms with Crippen molar-refractivity contribution in [2.75, 3.05) is 19.0 Å². The van der Waals surface area contributed by atoms with E-state index in [0.29, 0.717) is 0 Å². The Morgan fingerprint density at radius 1 is 1.35 bits per heavy atom. The minimum absolute atomic E-state index is 0.759. The summed E-state index contributed by atoms with van der Waals surface area (Å²) in [6.07, 6.45) is 6.75. The largest absolute Gasteiger partial charge is 0.385 e. The van der Waals surface area contributed by atoms with Crippen molar-refractivity contribution in [3.05, 3.63) is 41.5 Å². The topological polar surface area (TPSA) is 52.0 Å². The van der Waals surface area contributed by atoms with Gasteiger partial charge in [0.2, 0.25) is 5.95 Å². The van der Waals surface area contributed by atoms with E-state index in [1.165, 1.54) is 11.1 Å². The molecule has 5 heteroatoms. The Balaban J connectivity index is 2.00. The van der Waals surface area contributed by atoms with Gasteiger partial charge in [-0.1, -0.05) is 0 Å². The van der Waals surface area contributed by atoms with Crippen LogP contribution in [0.3, 0.4) is 0 Å². The summed E-state index contributed by atoms with van der Waals surface area (Å²) in [5.74, 6) is 0.912. The molecule has 0 aliphatic carbocycles. The van der Waals surface area contributed by atoms with Crippen LogP contribution in [-0.4, -0.2) is 28.3 Å². The van der Waals surface area contributed by atoms with Crippen molar-refractivity contribution in [3.8, 4) is 0 Å². The van der Waals surface area contributed by atoms with Crippen LogP contribution in [-0.2, 0) is 17.8 Å². The standard InChI is InChI=1S/C15H22N4O/c1-12-9-16-6-5-14(12)10-17-15-18-13(2)11-19(15)7-4-8-20-3/h5-6,9,11H,4,7-8,10H2,1-3H3,(H,17,18). The van der Waals surface area contributed by atoms with Gasteiger partial charge in [-0.05, 0) is 37.5 Å². The monoisotopic (exact) mass is 274 g/mol. The molecule has 2 aromatic rings. The molecule has 0 aromatic carbocycles. The molecule has 0 bridgehead atoms. The Morgan fingerprint density at radius 3 is 2.95 bits per heavy atom. The van der Waals surface area contributed by atoms with Gasteiger partial charge in [0.1, 0.15) is 0 Å². The Labute approximate surface area is 120 Å². The van der Waals surface area contributed by atoms with Gasteiger partial charge in [0.15, 0.2) is 0 Å². The van der Waals surface area contributed by atoms with Crippen LogP contribution in [0.15, 0.2) is 24.7 Å². The van der Waals surface area contributed by atoms with Crippen molar-refractivity contribution in [1.29, 1.82) is 0 Å². The Bertz CT molecular complexity index is 551. The zero-order valence-electron chi connectivity index (χ0n) is 12.4. The lowest BCUT2D eigenvalue weighted by molar-refractivity contribution is 0.190. The molecule has 0 radical (unpaired) electrons. The average molecular weight is 274 g/mol. The molecule has 5 nitrogen and oxygen atoms in total. The van der Waals surface area contributed by atoms with Crippen molar-refractivity contribution in [3.63, 3.8) is 0 Å². The molecule has 0 aliphatic heterocycles. The van der Waals surface area contributed by atoms with Crippen molar-refractivity contribution < 1.29 is 4.74 Å². The lowest BCUT2D eigenvalue weighted by Crippen LogP contribution is -2.09. The molecule has 0 saturated carbocycles. The van der Waals surface area contributed by atoms with Crippen molar-refractivity contribution in [2.45, 2.75) is 33.4 Å². The van der Waals surface area contributed by atoms with E-state index < -0.39 is 0 Å². The number of nitrogens with one attached hydrogen (secondary N) is 1. The number of hydrogen-bond acceptors (Lipinski definition) is 4. The van der Waals surface area contributed by atoms with Gasteiger partial charge in [-0.3, -0.25) is 4.98 Å². The highest BCUT2D eigenvalue weighted by Crippen LogP contribution is 2.12. The van der Waals surface area contributed by atoms with E-state index in [-0.39, 0.29) is 0 Å². The van der Waals surface area contributed by atoms with Crippen LogP contribution < -0.4 is 5.32 Å². The first-order valence-corrected chi connectivity index (χ1v) is 6.87. The van der Waals surface area contributed by atoms with E-state index in [1.54, 1.807) is 7.11 Å². The third-order valence-corrected chi connectivity index (χ3v) is 3.22. The molecule has 2 aromatic heterocycles. The number of ether oxygens (including phenoxy) is 1. The zero-order valence-corrected chi connectivity index (χ0v) is 12.4. The number of nitrogens with zero attached hydrogens (tertiary/aromatic N) is 3. The first kappa shape index (κ1) is 14.5. The number of aryl methyl sites for hydroxylation is 3. The van der Waals surface area contributed by atoms with E-state index in [9.17, 15) is 0 Å². The Morgan fingerprint density at radius 2 is 2.20 bits per heavy atom. The molecule has 0 amide bonds. The van der Waals surface area contributed by atoms with E-state index in [2.05, 4.69) is 33.0 Å². The minimum Gasteiger partial charge on any atom is -0.385 e. The van der Waals surface area contributed by atoms with Gasteiger partial charge in [-0.2, -0.15) is 0 Å². The second-order valence-corrected chi connectivity index (χ2v) is 4.90. The highest BCUT2D eigenvalue weighted by Gasteiger charge is 2.06. The predicted molar refractivity (Wildman–Crippen MR) is 79.8 cm³/mol. The van der Waals surface area contributed by atoms with E-state index in [4.69, 9.17) is 4.74 Å². The van der Waals surface area contributed by atoms with Gasteiger partial charge in [-0.25, -0.2) is 4.98 Å². The number of methoxy groups -OCH3 is 1. The molecule has 0 saturated heterocycles. The van der Waals surface area contributed by atoms with Crippen molar-refractivity contribution in [2.24, 2.45) is 0 Å². The summed E-state index contributed by atoms with van der Waals surface area (Å²) in [5.41, 5.74) is 3.45. The number of aromatic nitrogens is 3. The maximum atomic E-state index is 5.09. The smallest absolute Gasteiger partial charge is 0.203 e. The van der Waals surface area contributed by atoms with Crippen LogP contribution in [0.2, 0.25) is 0 Å². The molecule has 2 heterocycles. The molecule has 0 fully saturated rings. The molecule has 20 heavy (non-hydrogen) atoms. The fourth-order valence-electron chi connectivity index (χ4n) is 2.11. The summed E-state index contributed by atoms with van der Waals surface area (Å²) < 4.78 is 7.24. The fraction of sp³-hybridized carbons (Fsp3) is 0.467. The maximum absolute atomic E-state index is 5.09. The highest BCUT2D eigenvalue weighted by atomic mass is 16.5. The fourth-order valence-corrected chi connectivity index (χ4v) is 2.11. The Kier molecular flexibility index (Phi) is 5.12. The van der Waals surface area contributed by atoms with Gasteiger partial charge in [0.25, 0.3) is 0 Å². The average Bonchev–Trinajstić information content (AvgIpc) is 2.78. The van der Waals surface area contributed by atoms with E-state index >= 15 is 0 Å². The second-order valence-electron chi connectivity index (χ2n) is 4.90.